The predicted molar refractivity (Wildman–Crippen MR) is 196 cm³/mol. The molecule has 3 heterocycles. The van der Waals surface area contributed by atoms with Gasteiger partial charge in [-0.3, -0.25) is 9.59 Å². The molecule has 1 N–H and O–H groups in total. The Morgan fingerprint density at radius 3 is 2.00 bits per heavy atom. The summed E-state index contributed by atoms with van der Waals surface area (Å²) in [5.41, 5.74) is 5.43. The number of likely N-dealkylation sites (tertiary alicyclic amines) is 1. The standard InChI is InChI=1S/C42H43N3O7/c1-4-43-41(46)39-38(30-15-17-31(18-16-30)42(47)45-23-36-37(24-45)49-20-19-48-36)40(52-44-39)33-21-32(27(2)3)34(50-25-28-11-7-5-8-12-28)22-35(33)51-26-29-13-9-6-10-14-29/h5-18,21-22,27,36-37H,4,19-20,23-26H2,1-3H3,(H,43,46)/t36-,37+. The first-order valence-corrected chi connectivity index (χ1v) is 17.8. The molecule has 52 heavy (non-hydrogen) atoms. The van der Waals surface area contributed by atoms with Crippen molar-refractivity contribution in [2.75, 3.05) is 32.8 Å². The second-order valence-electron chi connectivity index (χ2n) is 13.3. The van der Waals surface area contributed by atoms with Crippen LogP contribution in [0.5, 0.6) is 11.5 Å². The van der Waals surface area contributed by atoms with Crippen molar-refractivity contribution in [3.63, 3.8) is 0 Å². The zero-order valence-electron chi connectivity index (χ0n) is 29.7. The number of aromatic nitrogens is 1. The molecule has 2 aliphatic heterocycles. The second-order valence-corrected chi connectivity index (χ2v) is 13.3. The fourth-order valence-electron chi connectivity index (χ4n) is 6.65. The highest BCUT2D eigenvalue weighted by molar-refractivity contribution is 6.03. The highest BCUT2D eigenvalue weighted by atomic mass is 16.6. The Kier molecular flexibility index (Phi) is 10.7. The number of nitrogens with zero attached hydrogens (tertiary/aromatic N) is 2. The predicted octanol–water partition coefficient (Wildman–Crippen LogP) is 7.28. The van der Waals surface area contributed by atoms with Gasteiger partial charge in [0.2, 0.25) is 0 Å². The summed E-state index contributed by atoms with van der Waals surface area (Å²) in [7, 11) is 0. The zero-order chi connectivity index (χ0) is 36.0. The lowest BCUT2D eigenvalue weighted by atomic mass is 9.93. The quantitative estimate of drug-likeness (QED) is 0.145. The molecule has 268 valence electrons. The van der Waals surface area contributed by atoms with Crippen molar-refractivity contribution in [1.82, 2.24) is 15.4 Å². The van der Waals surface area contributed by atoms with Gasteiger partial charge in [-0.1, -0.05) is 91.8 Å². The van der Waals surface area contributed by atoms with Gasteiger partial charge >= 0.3 is 0 Å². The summed E-state index contributed by atoms with van der Waals surface area (Å²) in [4.78, 5) is 28.7. The number of fused-ring (bicyclic) bond motifs is 1. The molecule has 4 aromatic carbocycles. The van der Waals surface area contributed by atoms with Gasteiger partial charge < -0.3 is 33.7 Å². The number of carbonyl (C=O) groups is 2. The van der Waals surface area contributed by atoms with E-state index < -0.39 is 0 Å². The smallest absolute Gasteiger partial charge is 0.274 e. The Labute approximate surface area is 303 Å². The van der Waals surface area contributed by atoms with E-state index in [0.29, 0.717) is 85.6 Å². The van der Waals surface area contributed by atoms with E-state index >= 15 is 0 Å². The third-order valence-corrected chi connectivity index (χ3v) is 9.37. The van der Waals surface area contributed by atoms with Gasteiger partial charge in [-0.05, 0) is 53.3 Å². The van der Waals surface area contributed by atoms with Gasteiger partial charge in [-0.25, -0.2) is 0 Å². The van der Waals surface area contributed by atoms with Gasteiger partial charge in [0, 0.05) is 31.3 Å². The summed E-state index contributed by atoms with van der Waals surface area (Å²) >= 11 is 0. The maximum atomic E-state index is 13.5. The number of rotatable bonds is 12. The number of nitrogens with one attached hydrogen (secondary N) is 1. The highest BCUT2D eigenvalue weighted by Gasteiger charge is 2.39. The Bertz CT molecular complexity index is 1980. The van der Waals surface area contributed by atoms with Crippen molar-refractivity contribution in [2.24, 2.45) is 0 Å². The Balaban J connectivity index is 1.28. The summed E-state index contributed by atoms with van der Waals surface area (Å²) in [6.07, 6.45) is -0.222. The molecule has 2 aliphatic rings. The average molecular weight is 702 g/mol. The fourth-order valence-corrected chi connectivity index (χ4v) is 6.65. The molecular formula is C42H43N3O7. The number of hydrogen-bond acceptors (Lipinski definition) is 8. The first kappa shape index (κ1) is 35.0. The van der Waals surface area contributed by atoms with Gasteiger partial charge in [-0.2, -0.15) is 0 Å². The van der Waals surface area contributed by atoms with E-state index in [4.69, 9.17) is 23.5 Å². The van der Waals surface area contributed by atoms with Crippen molar-refractivity contribution < 1.29 is 33.1 Å². The molecule has 10 nitrogen and oxygen atoms in total. The lowest BCUT2D eigenvalue weighted by Gasteiger charge is -2.24. The molecule has 0 spiro atoms. The number of amides is 2. The van der Waals surface area contributed by atoms with Crippen molar-refractivity contribution in [3.8, 4) is 33.9 Å². The molecule has 10 heteroatoms. The van der Waals surface area contributed by atoms with Gasteiger partial charge in [0.25, 0.3) is 11.8 Å². The van der Waals surface area contributed by atoms with Crippen LogP contribution in [-0.2, 0) is 22.7 Å². The van der Waals surface area contributed by atoms with Crippen molar-refractivity contribution >= 4 is 11.8 Å². The van der Waals surface area contributed by atoms with E-state index in [1.807, 2.05) is 91.9 Å². The molecule has 0 aliphatic carbocycles. The Morgan fingerprint density at radius 2 is 1.42 bits per heavy atom. The molecule has 0 saturated carbocycles. The van der Waals surface area contributed by atoms with E-state index in [9.17, 15) is 9.59 Å². The summed E-state index contributed by atoms with van der Waals surface area (Å²) in [5, 5.41) is 7.17. The molecule has 0 bridgehead atoms. The summed E-state index contributed by atoms with van der Waals surface area (Å²) < 4.78 is 30.7. The van der Waals surface area contributed by atoms with Crippen LogP contribution < -0.4 is 14.8 Å². The SMILES string of the molecule is CCNC(=O)c1noc(-c2cc(C(C)C)c(OCc3ccccc3)cc2OCc2ccccc2)c1-c1ccc(C(=O)N2C[C@@H]3OCCO[C@@H]3C2)cc1. The van der Waals surface area contributed by atoms with E-state index in [-0.39, 0.29) is 35.6 Å². The van der Waals surface area contributed by atoms with Crippen molar-refractivity contribution in [1.29, 1.82) is 0 Å². The highest BCUT2D eigenvalue weighted by Crippen LogP contribution is 2.44. The third kappa shape index (κ3) is 7.58. The van der Waals surface area contributed by atoms with E-state index in [1.54, 1.807) is 17.0 Å². The molecule has 2 amide bonds. The first-order chi connectivity index (χ1) is 25.4. The van der Waals surface area contributed by atoms with Crippen LogP contribution in [0.1, 0.15) is 64.2 Å². The topological polar surface area (TPSA) is 112 Å². The van der Waals surface area contributed by atoms with E-state index in [1.165, 1.54) is 0 Å². The molecule has 7 rings (SSSR count). The Morgan fingerprint density at radius 1 is 0.827 bits per heavy atom. The van der Waals surface area contributed by atoms with Gasteiger partial charge in [-0.15, -0.1) is 0 Å². The minimum Gasteiger partial charge on any atom is -0.488 e. The first-order valence-electron chi connectivity index (χ1n) is 17.8. The van der Waals surface area contributed by atoms with Crippen LogP contribution in [-0.4, -0.2) is 66.9 Å². The monoisotopic (exact) mass is 701 g/mol. The lowest BCUT2D eigenvalue weighted by molar-refractivity contribution is -0.116. The van der Waals surface area contributed by atoms with E-state index in [2.05, 4.69) is 24.3 Å². The molecular weight excluding hydrogens is 658 g/mol. The maximum Gasteiger partial charge on any atom is 0.274 e. The lowest BCUT2D eigenvalue weighted by Crippen LogP contribution is -2.36. The zero-order valence-corrected chi connectivity index (χ0v) is 29.7. The molecule has 2 fully saturated rings. The van der Waals surface area contributed by atoms with Crippen LogP contribution in [0.15, 0.2) is 102 Å². The summed E-state index contributed by atoms with van der Waals surface area (Å²) in [5.74, 6) is 1.19. The molecule has 1 aromatic heterocycles. The molecule has 2 saturated heterocycles. The number of carbonyl (C=O) groups excluding carboxylic acids is 2. The molecule has 2 atom stereocenters. The maximum absolute atomic E-state index is 13.5. The fraction of sp³-hybridized carbons (Fsp3) is 0.310. The van der Waals surface area contributed by atoms with Crippen LogP contribution in [0, 0.1) is 0 Å². The van der Waals surface area contributed by atoms with Crippen LogP contribution in [0.25, 0.3) is 22.5 Å². The molecule has 0 radical (unpaired) electrons. The summed E-state index contributed by atoms with van der Waals surface area (Å²) in [6.45, 7) is 9.18. The van der Waals surface area contributed by atoms with Gasteiger partial charge in [0.15, 0.2) is 11.5 Å². The Hall–Kier alpha value is -5.45. The molecule has 5 aromatic rings. The minimum absolute atomic E-state index is 0.0810. The normalized spacial score (nSPS) is 16.8. The van der Waals surface area contributed by atoms with Crippen molar-refractivity contribution in [3.05, 3.63) is 125 Å². The number of ether oxygens (including phenoxy) is 4. The van der Waals surface area contributed by atoms with Crippen LogP contribution in [0.3, 0.4) is 0 Å². The largest absolute Gasteiger partial charge is 0.488 e. The van der Waals surface area contributed by atoms with Crippen molar-refractivity contribution in [2.45, 2.75) is 52.1 Å². The number of benzene rings is 4. The van der Waals surface area contributed by atoms with E-state index in [0.717, 1.165) is 16.7 Å². The average Bonchev–Trinajstić information content (AvgIpc) is 3.82. The van der Waals surface area contributed by atoms with Crippen LogP contribution in [0.2, 0.25) is 0 Å². The third-order valence-electron chi connectivity index (χ3n) is 9.37. The summed E-state index contributed by atoms with van der Waals surface area (Å²) in [6, 6.07) is 31.0. The molecule has 0 unspecified atom stereocenters. The second kappa shape index (κ2) is 15.8. The van der Waals surface area contributed by atoms with Gasteiger partial charge in [0.1, 0.15) is 36.9 Å². The van der Waals surface area contributed by atoms with Crippen LogP contribution in [0.4, 0.5) is 0 Å². The van der Waals surface area contributed by atoms with Gasteiger partial charge in [0.05, 0.1) is 24.3 Å². The van der Waals surface area contributed by atoms with Crippen LogP contribution >= 0.6 is 0 Å². The minimum atomic E-state index is -0.369. The number of hydrogen-bond donors (Lipinski definition) is 1.